The molecule has 0 N–H and O–H groups in total. The Labute approximate surface area is 188 Å². The lowest BCUT2D eigenvalue weighted by Crippen LogP contribution is -2.71. The fraction of sp³-hybridized carbons (Fsp3) is 0.500. The molecule has 0 spiro atoms. The van der Waals surface area contributed by atoms with E-state index in [2.05, 4.69) is 105 Å². The zero-order chi connectivity index (χ0) is 22.0. The van der Waals surface area contributed by atoms with Gasteiger partial charge in [0.1, 0.15) is 16.5 Å². The van der Waals surface area contributed by atoms with Crippen molar-refractivity contribution in [3.8, 4) is 0 Å². The highest BCUT2D eigenvalue weighted by Gasteiger charge is 2.42. The SMILES string of the molecule is CCO[SiH](CCCCN([Si](C)(C)c1ccccc1)[Si](C)(C)c1ccccc1)OCC. The van der Waals surface area contributed by atoms with E-state index in [1.807, 2.05) is 0 Å². The lowest BCUT2D eigenvalue weighted by Gasteiger charge is -2.47. The van der Waals surface area contributed by atoms with Gasteiger partial charge in [0.25, 0.3) is 0 Å². The largest absolute Gasteiger partial charge is 0.397 e. The maximum absolute atomic E-state index is 5.88. The lowest BCUT2D eigenvalue weighted by molar-refractivity contribution is 0.212. The summed E-state index contributed by atoms with van der Waals surface area (Å²) in [6.07, 6.45) is 2.39. The molecule has 0 saturated heterocycles. The van der Waals surface area contributed by atoms with Crippen LogP contribution in [0.4, 0.5) is 0 Å². The van der Waals surface area contributed by atoms with Gasteiger partial charge < -0.3 is 13.1 Å². The molecule has 0 atom stereocenters. The van der Waals surface area contributed by atoms with Gasteiger partial charge in [0.2, 0.25) is 0 Å². The third-order valence-electron chi connectivity index (χ3n) is 6.09. The van der Waals surface area contributed by atoms with Crippen LogP contribution in [-0.2, 0) is 8.85 Å². The maximum atomic E-state index is 5.88. The molecule has 0 fully saturated rings. The summed E-state index contributed by atoms with van der Waals surface area (Å²) < 4.78 is 14.7. The molecule has 2 aromatic rings. The molecule has 2 aromatic carbocycles. The van der Waals surface area contributed by atoms with Crippen LogP contribution in [0.25, 0.3) is 0 Å². The van der Waals surface area contributed by atoms with Gasteiger partial charge in [-0.25, -0.2) is 0 Å². The molecule has 0 aliphatic carbocycles. The summed E-state index contributed by atoms with van der Waals surface area (Å²) in [4.78, 5) is 0. The molecule has 0 aliphatic rings. The zero-order valence-corrected chi connectivity index (χ0v) is 23.0. The highest BCUT2D eigenvalue weighted by Crippen LogP contribution is 2.22. The normalized spacial score (nSPS) is 12.7. The highest BCUT2D eigenvalue weighted by atomic mass is 28.4. The van der Waals surface area contributed by atoms with Crippen molar-refractivity contribution in [3.63, 3.8) is 0 Å². The molecule has 0 heterocycles. The number of unbranched alkanes of at least 4 members (excludes halogenated alkanes) is 1. The van der Waals surface area contributed by atoms with Crippen molar-refractivity contribution in [3.05, 3.63) is 60.7 Å². The number of hydrogen-bond donors (Lipinski definition) is 0. The van der Waals surface area contributed by atoms with Gasteiger partial charge >= 0.3 is 9.28 Å². The molecular weight excluding hydrogens is 419 g/mol. The van der Waals surface area contributed by atoms with E-state index in [0.29, 0.717) is 0 Å². The van der Waals surface area contributed by atoms with Gasteiger partial charge in [-0.1, -0.05) is 93.3 Å². The Kier molecular flexibility index (Phi) is 10.2. The van der Waals surface area contributed by atoms with Crippen molar-refractivity contribution >= 4 is 36.1 Å². The first-order chi connectivity index (χ1) is 14.3. The smallest absolute Gasteiger partial charge is 0.321 e. The van der Waals surface area contributed by atoms with Crippen LogP contribution in [0, 0.1) is 0 Å². The second-order valence-corrected chi connectivity index (χ2v) is 19.9. The first-order valence-electron chi connectivity index (χ1n) is 11.5. The Morgan fingerprint density at radius 3 is 1.53 bits per heavy atom. The first kappa shape index (κ1) is 25.2. The Morgan fingerprint density at radius 1 is 0.700 bits per heavy atom. The number of hydrogen-bond acceptors (Lipinski definition) is 3. The molecule has 30 heavy (non-hydrogen) atoms. The van der Waals surface area contributed by atoms with Crippen molar-refractivity contribution in [2.24, 2.45) is 0 Å². The highest BCUT2D eigenvalue weighted by molar-refractivity contribution is 7.02. The van der Waals surface area contributed by atoms with E-state index >= 15 is 0 Å². The minimum absolute atomic E-state index is 0.769. The Hall–Kier alpha value is -1.03. The second kappa shape index (κ2) is 12.1. The summed E-state index contributed by atoms with van der Waals surface area (Å²) in [5.41, 5.74) is 0. The quantitative estimate of drug-likeness (QED) is 0.323. The van der Waals surface area contributed by atoms with Gasteiger partial charge in [-0.05, 0) is 43.2 Å². The summed E-state index contributed by atoms with van der Waals surface area (Å²) in [5, 5.41) is 3.05. The first-order valence-corrected chi connectivity index (χ1v) is 19.1. The van der Waals surface area contributed by atoms with Gasteiger partial charge in [-0.3, -0.25) is 0 Å². The summed E-state index contributed by atoms with van der Waals surface area (Å²) in [6, 6.07) is 23.5. The molecule has 0 aromatic heterocycles. The molecule has 0 amide bonds. The van der Waals surface area contributed by atoms with Gasteiger partial charge in [-0.15, -0.1) is 0 Å². The number of rotatable bonds is 13. The number of benzene rings is 2. The third kappa shape index (κ3) is 6.74. The van der Waals surface area contributed by atoms with E-state index < -0.39 is 25.8 Å². The molecular formula is C24H41NO2Si3. The molecule has 3 nitrogen and oxygen atoms in total. The fourth-order valence-corrected chi connectivity index (χ4v) is 16.7. The Bertz CT molecular complexity index is 668. The van der Waals surface area contributed by atoms with E-state index in [0.717, 1.165) is 25.8 Å². The van der Waals surface area contributed by atoms with Gasteiger partial charge in [0, 0.05) is 13.2 Å². The van der Waals surface area contributed by atoms with Crippen molar-refractivity contribution in [2.75, 3.05) is 19.8 Å². The van der Waals surface area contributed by atoms with E-state index in [1.165, 1.54) is 23.2 Å². The van der Waals surface area contributed by atoms with Crippen LogP contribution < -0.4 is 10.4 Å². The number of nitrogens with zero attached hydrogens (tertiary/aromatic N) is 1. The fourth-order valence-electron chi connectivity index (χ4n) is 4.43. The molecule has 0 unspecified atom stereocenters. The van der Waals surface area contributed by atoms with E-state index in [4.69, 9.17) is 8.85 Å². The summed E-state index contributed by atoms with van der Waals surface area (Å²) in [7, 11) is -5.08. The minimum atomic E-state index is -1.79. The van der Waals surface area contributed by atoms with E-state index in [1.54, 1.807) is 0 Å². The Morgan fingerprint density at radius 2 is 1.13 bits per heavy atom. The van der Waals surface area contributed by atoms with Crippen LogP contribution in [-0.4, -0.2) is 49.7 Å². The predicted octanol–water partition coefficient (Wildman–Crippen LogP) is 4.59. The molecule has 6 heteroatoms. The monoisotopic (exact) mass is 459 g/mol. The molecule has 0 bridgehead atoms. The van der Waals surface area contributed by atoms with Gasteiger partial charge in [0.15, 0.2) is 0 Å². The molecule has 0 radical (unpaired) electrons. The zero-order valence-electron chi connectivity index (χ0n) is 19.9. The summed E-state index contributed by atoms with van der Waals surface area (Å²) >= 11 is 0. The summed E-state index contributed by atoms with van der Waals surface area (Å²) in [5.74, 6) is 0. The predicted molar refractivity (Wildman–Crippen MR) is 138 cm³/mol. The van der Waals surface area contributed by atoms with Crippen molar-refractivity contribution in [2.45, 2.75) is 58.9 Å². The van der Waals surface area contributed by atoms with E-state index in [-0.39, 0.29) is 0 Å². The standard InChI is InChI=1S/C24H41NO2Si3/c1-7-26-28(27-8-2)22-16-15-21-25(29(3,4)23-17-11-9-12-18-23)30(5,6)24-19-13-10-14-20-24/h9-14,17-20,28H,7-8,15-16,21-22H2,1-6H3. The lowest BCUT2D eigenvalue weighted by atomic mass is 10.3. The van der Waals surface area contributed by atoms with Crippen molar-refractivity contribution in [1.29, 1.82) is 0 Å². The minimum Gasteiger partial charge on any atom is -0.397 e. The van der Waals surface area contributed by atoms with Crippen molar-refractivity contribution in [1.82, 2.24) is 4.23 Å². The molecule has 0 saturated carbocycles. The summed E-state index contributed by atoms with van der Waals surface area (Å²) in [6.45, 7) is 16.9. The van der Waals surface area contributed by atoms with Crippen LogP contribution in [0.3, 0.4) is 0 Å². The van der Waals surface area contributed by atoms with Crippen LogP contribution >= 0.6 is 0 Å². The van der Waals surface area contributed by atoms with Crippen LogP contribution in [0.2, 0.25) is 32.2 Å². The maximum Gasteiger partial charge on any atom is 0.321 e. The van der Waals surface area contributed by atoms with Crippen LogP contribution in [0.5, 0.6) is 0 Å². The molecule has 2 rings (SSSR count). The average Bonchev–Trinajstić information content (AvgIpc) is 2.74. The van der Waals surface area contributed by atoms with Crippen LogP contribution in [0.1, 0.15) is 26.7 Å². The van der Waals surface area contributed by atoms with Gasteiger partial charge in [-0.2, -0.15) is 0 Å². The molecule has 166 valence electrons. The third-order valence-corrected chi connectivity index (χ3v) is 18.4. The van der Waals surface area contributed by atoms with E-state index in [9.17, 15) is 0 Å². The van der Waals surface area contributed by atoms with Gasteiger partial charge in [0.05, 0.1) is 0 Å². The average molecular weight is 460 g/mol. The topological polar surface area (TPSA) is 21.7 Å². The van der Waals surface area contributed by atoms with Crippen LogP contribution in [0.15, 0.2) is 60.7 Å². The Balaban J connectivity index is 2.20. The van der Waals surface area contributed by atoms with Crippen molar-refractivity contribution < 1.29 is 8.85 Å². The second-order valence-electron chi connectivity index (χ2n) is 8.84. The molecule has 0 aliphatic heterocycles.